The van der Waals surface area contributed by atoms with Gasteiger partial charge in [0.15, 0.2) is 5.78 Å². The Kier molecular flexibility index (Phi) is 4.07. The van der Waals surface area contributed by atoms with Gasteiger partial charge in [-0.2, -0.15) is 0 Å². The number of Topliss-reactive ketones (excluding diaryl/α,β-unsaturated/α-hetero) is 1. The zero-order valence-electron chi connectivity index (χ0n) is 10.4. The third-order valence-electron chi connectivity index (χ3n) is 2.64. The molecule has 0 unspecified atom stereocenters. The molecular weight excluding hydrogens is 264 g/mol. The lowest BCUT2D eigenvalue weighted by atomic mass is 10.1. The van der Waals surface area contributed by atoms with Crippen LogP contribution in [0.4, 0.5) is 0 Å². The summed E-state index contributed by atoms with van der Waals surface area (Å²) in [6.45, 7) is 1.79. The average molecular weight is 277 g/mol. The third kappa shape index (κ3) is 3.48. The van der Waals surface area contributed by atoms with E-state index < -0.39 is 0 Å². The van der Waals surface area contributed by atoms with Crippen LogP contribution in [0.5, 0.6) is 11.5 Å². The van der Waals surface area contributed by atoms with Gasteiger partial charge in [-0.3, -0.25) is 4.79 Å². The highest BCUT2D eigenvalue weighted by Gasteiger charge is 2.07. The van der Waals surface area contributed by atoms with Crippen molar-refractivity contribution in [2.24, 2.45) is 0 Å². The van der Waals surface area contributed by atoms with Crippen LogP contribution in [-0.2, 0) is 6.61 Å². The smallest absolute Gasteiger partial charge is 0.161 e. The van der Waals surface area contributed by atoms with Gasteiger partial charge in [0.25, 0.3) is 0 Å². The fraction of sp³-hybridized carbons (Fsp3) is 0.133. The van der Waals surface area contributed by atoms with E-state index in [-0.39, 0.29) is 11.5 Å². The molecule has 19 heavy (non-hydrogen) atoms. The summed E-state index contributed by atoms with van der Waals surface area (Å²) in [5, 5.41) is 9.71. The lowest BCUT2D eigenvalue weighted by molar-refractivity contribution is 0.101. The van der Waals surface area contributed by atoms with Crippen molar-refractivity contribution < 1.29 is 14.6 Å². The van der Waals surface area contributed by atoms with E-state index in [2.05, 4.69) is 0 Å². The van der Waals surface area contributed by atoms with Crippen molar-refractivity contribution in [3.63, 3.8) is 0 Å². The molecule has 4 heteroatoms. The number of benzene rings is 2. The minimum atomic E-state index is -0.0791. The molecule has 0 fully saturated rings. The largest absolute Gasteiger partial charge is 0.508 e. The van der Waals surface area contributed by atoms with Crippen molar-refractivity contribution in [2.45, 2.75) is 13.5 Å². The van der Waals surface area contributed by atoms with E-state index >= 15 is 0 Å². The second-order valence-electron chi connectivity index (χ2n) is 4.16. The Morgan fingerprint density at radius 3 is 2.68 bits per heavy atom. The van der Waals surface area contributed by atoms with Crippen LogP contribution in [0, 0.1) is 0 Å². The number of halogens is 1. The number of carbonyl (C=O) groups is 1. The fourth-order valence-electron chi connectivity index (χ4n) is 1.68. The van der Waals surface area contributed by atoms with Crippen LogP contribution < -0.4 is 4.74 Å². The number of phenolic OH excluding ortho intramolecular Hbond substituents is 1. The van der Waals surface area contributed by atoms with Gasteiger partial charge in [-0.25, -0.2) is 0 Å². The van der Waals surface area contributed by atoms with Crippen molar-refractivity contribution in [1.29, 1.82) is 0 Å². The Morgan fingerprint density at radius 2 is 2.05 bits per heavy atom. The molecule has 1 N–H and O–H groups in total. The summed E-state index contributed by atoms with van der Waals surface area (Å²) in [5.74, 6) is 0.703. The Morgan fingerprint density at radius 1 is 1.26 bits per heavy atom. The highest BCUT2D eigenvalue weighted by atomic mass is 35.5. The summed E-state index contributed by atoms with van der Waals surface area (Å²) in [6.07, 6.45) is 0. The molecule has 0 spiro atoms. The maximum atomic E-state index is 11.2. The number of ketones is 1. The van der Waals surface area contributed by atoms with Crippen molar-refractivity contribution in [2.75, 3.05) is 0 Å². The average Bonchev–Trinajstić information content (AvgIpc) is 2.36. The zero-order chi connectivity index (χ0) is 13.8. The Bertz CT molecular complexity index is 608. The second kappa shape index (κ2) is 5.76. The number of hydrogen-bond acceptors (Lipinski definition) is 3. The molecule has 0 atom stereocenters. The maximum absolute atomic E-state index is 11.2. The summed E-state index contributed by atoms with van der Waals surface area (Å²) in [4.78, 5) is 11.2. The molecule has 2 aromatic rings. The molecule has 2 aromatic carbocycles. The summed E-state index contributed by atoms with van der Waals surface area (Å²) < 4.78 is 5.56. The van der Waals surface area contributed by atoms with Gasteiger partial charge < -0.3 is 9.84 Å². The van der Waals surface area contributed by atoms with Gasteiger partial charge in [-0.1, -0.05) is 23.7 Å². The van der Waals surface area contributed by atoms with E-state index in [0.717, 1.165) is 5.56 Å². The zero-order valence-corrected chi connectivity index (χ0v) is 11.1. The first-order valence-electron chi connectivity index (χ1n) is 5.77. The van der Waals surface area contributed by atoms with Crippen LogP contribution in [0.2, 0.25) is 5.02 Å². The quantitative estimate of drug-likeness (QED) is 0.864. The van der Waals surface area contributed by atoms with Crippen molar-refractivity contribution in [1.82, 2.24) is 0 Å². The van der Waals surface area contributed by atoms with E-state index in [4.69, 9.17) is 16.3 Å². The van der Waals surface area contributed by atoms with E-state index in [1.165, 1.54) is 6.92 Å². The molecule has 0 aliphatic rings. The molecular formula is C15H13ClO3. The minimum Gasteiger partial charge on any atom is -0.508 e. The molecule has 0 saturated carbocycles. The van der Waals surface area contributed by atoms with E-state index in [1.54, 1.807) is 36.4 Å². The Labute approximate surface area is 116 Å². The van der Waals surface area contributed by atoms with Crippen LogP contribution in [-0.4, -0.2) is 10.9 Å². The van der Waals surface area contributed by atoms with Gasteiger partial charge in [0.2, 0.25) is 0 Å². The van der Waals surface area contributed by atoms with Crippen molar-refractivity contribution >= 4 is 17.4 Å². The molecule has 3 nitrogen and oxygen atoms in total. The first-order valence-corrected chi connectivity index (χ1v) is 6.15. The Hall–Kier alpha value is -2.00. The predicted octanol–water partition coefficient (Wildman–Crippen LogP) is 3.83. The van der Waals surface area contributed by atoms with Crippen LogP contribution >= 0.6 is 11.6 Å². The van der Waals surface area contributed by atoms with E-state index in [1.807, 2.05) is 6.07 Å². The second-order valence-corrected chi connectivity index (χ2v) is 4.56. The molecule has 0 aliphatic carbocycles. The third-order valence-corrected chi connectivity index (χ3v) is 2.95. The lowest BCUT2D eigenvalue weighted by Gasteiger charge is -2.08. The molecule has 98 valence electrons. The van der Waals surface area contributed by atoms with Gasteiger partial charge >= 0.3 is 0 Å². The van der Waals surface area contributed by atoms with Crippen LogP contribution in [0.1, 0.15) is 22.8 Å². The highest BCUT2D eigenvalue weighted by molar-refractivity contribution is 6.34. The molecule has 0 aromatic heterocycles. The molecule has 0 aliphatic heterocycles. The van der Waals surface area contributed by atoms with Gasteiger partial charge in [0, 0.05) is 5.56 Å². The first kappa shape index (κ1) is 13.4. The molecule has 0 heterocycles. The van der Waals surface area contributed by atoms with Gasteiger partial charge in [-0.15, -0.1) is 0 Å². The standard InChI is InChI=1S/C15H13ClO3/c1-10(17)14-6-5-13(8-15(14)16)19-9-11-3-2-4-12(18)7-11/h2-8,18H,9H2,1H3. The van der Waals surface area contributed by atoms with Crippen molar-refractivity contribution in [3.05, 3.63) is 58.6 Å². The summed E-state index contributed by atoms with van der Waals surface area (Å²) in [5.41, 5.74) is 1.33. The molecule has 0 radical (unpaired) electrons. The SMILES string of the molecule is CC(=O)c1ccc(OCc2cccc(O)c2)cc1Cl. The van der Waals surface area contributed by atoms with Gasteiger partial charge in [0.1, 0.15) is 18.1 Å². The predicted molar refractivity (Wildman–Crippen MR) is 73.9 cm³/mol. The highest BCUT2D eigenvalue weighted by Crippen LogP contribution is 2.24. The molecule has 2 rings (SSSR count). The Balaban J connectivity index is 2.08. The molecule has 0 bridgehead atoms. The number of hydrogen-bond donors (Lipinski definition) is 1. The topological polar surface area (TPSA) is 46.5 Å². The monoisotopic (exact) mass is 276 g/mol. The maximum Gasteiger partial charge on any atom is 0.161 e. The minimum absolute atomic E-state index is 0.0791. The van der Waals surface area contributed by atoms with Crippen LogP contribution in [0.15, 0.2) is 42.5 Å². The van der Waals surface area contributed by atoms with Gasteiger partial charge in [0.05, 0.1) is 5.02 Å². The molecule has 0 amide bonds. The van der Waals surface area contributed by atoms with Crippen molar-refractivity contribution in [3.8, 4) is 11.5 Å². The van der Waals surface area contributed by atoms with Crippen LogP contribution in [0.3, 0.4) is 0 Å². The number of phenols is 1. The summed E-state index contributed by atoms with van der Waals surface area (Å²) in [6, 6.07) is 11.8. The summed E-state index contributed by atoms with van der Waals surface area (Å²) in [7, 11) is 0. The number of rotatable bonds is 4. The number of carbonyl (C=O) groups excluding carboxylic acids is 1. The summed E-state index contributed by atoms with van der Waals surface area (Å²) >= 11 is 5.99. The first-order chi connectivity index (χ1) is 9.06. The molecule has 0 saturated heterocycles. The normalized spacial score (nSPS) is 10.2. The van der Waals surface area contributed by atoms with Crippen LogP contribution in [0.25, 0.3) is 0 Å². The number of aromatic hydroxyl groups is 1. The van der Waals surface area contributed by atoms with E-state index in [0.29, 0.717) is 22.9 Å². The van der Waals surface area contributed by atoms with E-state index in [9.17, 15) is 9.90 Å². The lowest BCUT2D eigenvalue weighted by Crippen LogP contribution is -1.97. The fourth-order valence-corrected chi connectivity index (χ4v) is 1.99. The number of ether oxygens (including phenoxy) is 1. The van der Waals surface area contributed by atoms with Gasteiger partial charge in [-0.05, 0) is 42.8 Å².